The van der Waals surface area contributed by atoms with Gasteiger partial charge in [0.05, 0.1) is 8.07 Å². The Kier molecular flexibility index (Phi) is 12.6. The van der Waals surface area contributed by atoms with Gasteiger partial charge in [0.15, 0.2) is 0 Å². The fourth-order valence-electron chi connectivity index (χ4n) is 7.96. The van der Waals surface area contributed by atoms with E-state index in [4.69, 9.17) is 13.0 Å². The first-order chi connectivity index (χ1) is 28.6. The largest absolute Gasteiger partial charge is 3.00 e. The molecule has 1 aliphatic rings. The van der Waals surface area contributed by atoms with Crippen molar-refractivity contribution in [3.05, 3.63) is 155 Å². The maximum Gasteiger partial charge on any atom is 3.00 e. The van der Waals surface area contributed by atoms with Gasteiger partial charge in [-0.1, -0.05) is 160 Å². The maximum atomic E-state index is 8.89. The Morgan fingerprint density at radius 3 is 2.12 bits per heavy atom. The van der Waals surface area contributed by atoms with Crippen LogP contribution in [0.25, 0.3) is 36.7 Å². The van der Waals surface area contributed by atoms with Crippen LogP contribution < -0.4 is 10.1 Å². The van der Waals surface area contributed by atoms with Crippen LogP contribution in [0, 0.1) is 17.5 Å². The standard InChI is InChI=1S/C31H28N2S.C23H34NSi.Ir/c1-19(2)22-11-9-12-23(20(3)4)30(22)33-27-14-7-6-13-26(27)32-31(33)21-16-17-29-25(18-21)24-10-5-8-15-28(24)34-29;1-22(2,3)15-18-14-20(24-16-21(18)25(7,8)9)17-11-10-12-19(13-17)23(4,5)6;/h5-15,17-20,31H,1-4H3;10,12-14,16H,15H2,1-9H3;/q-2;-1;+3/i;15D2;. The molecular formula is C54H62IrN3SSi. The zero-order valence-electron chi connectivity index (χ0n) is 39.7. The number of benzene rings is 5. The molecule has 0 saturated heterocycles. The van der Waals surface area contributed by atoms with Crippen LogP contribution in [0.15, 0.2) is 109 Å². The number of thiophene rings is 1. The summed E-state index contributed by atoms with van der Waals surface area (Å²) in [5, 5.41) is 8.95. The third-order valence-corrected chi connectivity index (χ3v) is 14.2. The average molecular weight is 1010 g/mol. The number of rotatable bonds is 7. The molecule has 0 radical (unpaired) electrons. The summed E-state index contributed by atoms with van der Waals surface area (Å²) in [6, 6.07) is 43.5. The van der Waals surface area contributed by atoms with Gasteiger partial charge in [0.25, 0.3) is 0 Å². The minimum atomic E-state index is -1.74. The van der Waals surface area contributed by atoms with Crippen LogP contribution in [-0.2, 0) is 31.9 Å². The first-order valence-corrected chi connectivity index (χ1v) is 25.5. The summed E-state index contributed by atoms with van der Waals surface area (Å²) in [6.45, 7) is 28.4. The fourth-order valence-corrected chi connectivity index (χ4v) is 10.4. The van der Waals surface area contributed by atoms with Crippen LogP contribution >= 0.6 is 11.3 Å². The first kappa shape index (κ1) is 42.6. The summed E-state index contributed by atoms with van der Waals surface area (Å²) in [7, 11) is -1.74. The van der Waals surface area contributed by atoms with E-state index in [0.717, 1.165) is 33.3 Å². The minimum Gasteiger partial charge on any atom is -0.661 e. The second-order valence-corrected chi connectivity index (χ2v) is 25.8. The van der Waals surface area contributed by atoms with Crippen molar-refractivity contribution >= 4 is 61.8 Å². The molecule has 1 aliphatic heterocycles. The zero-order valence-corrected chi connectivity index (χ0v) is 41.9. The number of hydrogen-bond acceptors (Lipinski definition) is 3. The van der Waals surface area contributed by atoms with Gasteiger partial charge in [-0.15, -0.1) is 46.5 Å². The van der Waals surface area contributed by atoms with Crippen LogP contribution in [-0.4, -0.2) is 13.1 Å². The summed E-state index contributed by atoms with van der Waals surface area (Å²) in [6.07, 6.45) is 0.331. The Bertz CT molecular complexity index is 2670. The third kappa shape index (κ3) is 9.68. The van der Waals surface area contributed by atoms with Crippen LogP contribution in [0.2, 0.25) is 19.6 Å². The van der Waals surface area contributed by atoms with E-state index in [1.54, 1.807) is 0 Å². The molecule has 0 saturated carbocycles. The summed E-state index contributed by atoms with van der Waals surface area (Å²) in [4.78, 5) is 7.20. The maximum absolute atomic E-state index is 8.89. The van der Waals surface area contributed by atoms with Crippen molar-refractivity contribution in [2.75, 3.05) is 4.90 Å². The Morgan fingerprint density at radius 2 is 1.47 bits per heavy atom. The van der Waals surface area contributed by atoms with Crippen molar-refractivity contribution in [2.45, 2.75) is 119 Å². The molecule has 3 nitrogen and oxygen atoms in total. The number of nitrogens with zero attached hydrogens (tertiary/aromatic N) is 3. The molecule has 1 atom stereocenters. The molecule has 0 fully saturated rings. The number of anilines is 2. The van der Waals surface area contributed by atoms with Gasteiger partial charge in [-0.05, 0) is 74.7 Å². The number of aromatic nitrogens is 1. The molecule has 0 amide bonds. The van der Waals surface area contributed by atoms with E-state index in [1.165, 1.54) is 48.2 Å². The monoisotopic (exact) mass is 1010 g/mol. The van der Waals surface area contributed by atoms with Gasteiger partial charge in [0, 0.05) is 25.0 Å². The van der Waals surface area contributed by atoms with Crippen molar-refractivity contribution < 1.29 is 22.8 Å². The molecule has 6 heteroatoms. The van der Waals surface area contributed by atoms with E-state index in [-0.39, 0.29) is 31.7 Å². The number of para-hydroxylation sites is 3. The Hall–Kier alpha value is -4.06. The van der Waals surface area contributed by atoms with Crippen LogP contribution in [0.3, 0.4) is 0 Å². The minimum absolute atomic E-state index is 0. The first-order valence-electron chi connectivity index (χ1n) is 22.2. The summed E-state index contributed by atoms with van der Waals surface area (Å²) in [5.41, 5.74) is 10.6. The van der Waals surface area contributed by atoms with Crippen molar-refractivity contribution in [2.24, 2.45) is 5.41 Å². The smallest absolute Gasteiger partial charge is 0.661 e. The molecule has 5 aromatic carbocycles. The van der Waals surface area contributed by atoms with Crippen molar-refractivity contribution in [1.29, 1.82) is 0 Å². The second-order valence-electron chi connectivity index (χ2n) is 19.7. The van der Waals surface area contributed by atoms with E-state index in [9.17, 15) is 0 Å². The predicted octanol–water partition coefficient (Wildman–Crippen LogP) is 15.9. The fraction of sp³-hybridized carbons (Fsp3) is 0.352. The van der Waals surface area contributed by atoms with Crippen molar-refractivity contribution in [1.82, 2.24) is 4.98 Å². The van der Waals surface area contributed by atoms with Crippen LogP contribution in [0.4, 0.5) is 17.1 Å². The molecule has 0 spiro atoms. The zero-order chi connectivity index (χ0) is 44.2. The molecule has 8 rings (SSSR count). The van der Waals surface area contributed by atoms with Gasteiger partial charge in [-0.3, -0.25) is 0 Å². The van der Waals surface area contributed by atoms with Crippen molar-refractivity contribution in [3.63, 3.8) is 0 Å². The molecule has 2 aromatic heterocycles. The van der Waals surface area contributed by atoms with Crippen molar-refractivity contribution in [3.8, 4) is 11.3 Å². The molecule has 60 heavy (non-hydrogen) atoms. The second kappa shape index (κ2) is 17.7. The number of fused-ring (bicyclic) bond motifs is 4. The Morgan fingerprint density at radius 1 is 0.800 bits per heavy atom. The normalized spacial score (nSPS) is 15.0. The van der Waals surface area contributed by atoms with Gasteiger partial charge in [-0.25, -0.2) is 11.3 Å². The third-order valence-electron chi connectivity index (χ3n) is 11.0. The Labute approximate surface area is 382 Å². The summed E-state index contributed by atoms with van der Waals surface area (Å²) < 4.78 is 20.4. The summed E-state index contributed by atoms with van der Waals surface area (Å²) >= 11 is 1.83. The van der Waals surface area contributed by atoms with Gasteiger partial charge in [0.1, 0.15) is 0 Å². The molecule has 1 unspecified atom stereocenters. The quantitative estimate of drug-likeness (QED) is 0.118. The van der Waals surface area contributed by atoms with Gasteiger partial charge in [-0.2, -0.15) is 23.8 Å². The molecule has 312 valence electrons. The Balaban J connectivity index is 0.000000210. The van der Waals surface area contributed by atoms with Crippen LogP contribution in [0.1, 0.15) is 118 Å². The predicted molar refractivity (Wildman–Crippen MR) is 260 cm³/mol. The molecule has 0 N–H and O–H groups in total. The van der Waals surface area contributed by atoms with Gasteiger partial charge < -0.3 is 15.2 Å². The van der Waals surface area contributed by atoms with Crippen LogP contribution in [0.5, 0.6) is 0 Å². The van der Waals surface area contributed by atoms with Gasteiger partial charge in [0.2, 0.25) is 0 Å². The molecule has 7 aromatic rings. The summed E-state index contributed by atoms with van der Waals surface area (Å²) in [5.74, 6) is 0.823. The molecule has 3 heterocycles. The SMILES string of the molecule is CC(C)c1cccc(C(C)C)c1N1c2ccccc2[N-]C1c1[c-]cc2sc3ccccc3c2c1.[2H]C([2H])(c1cc(-c2[c-]ccc(C(C)(C)C)c2)ncc1[Si](C)(C)C)C(C)(C)C.[Ir+3]. The van der Waals surface area contributed by atoms with E-state index >= 15 is 0 Å². The number of pyridine rings is 1. The average Bonchev–Trinajstić information content (AvgIpc) is 3.78. The van der Waals surface area contributed by atoms with E-state index in [1.807, 2.05) is 50.4 Å². The van der Waals surface area contributed by atoms with E-state index in [2.05, 4.69) is 176 Å². The van der Waals surface area contributed by atoms with Gasteiger partial charge >= 0.3 is 20.1 Å². The number of hydrogen-bond donors (Lipinski definition) is 0. The molecule has 0 aliphatic carbocycles. The molecular weight excluding hydrogens is 943 g/mol. The van der Waals surface area contributed by atoms with E-state index in [0.29, 0.717) is 11.8 Å². The van der Waals surface area contributed by atoms with E-state index < -0.39 is 19.9 Å². The molecule has 0 bridgehead atoms. The topological polar surface area (TPSA) is 30.2 Å².